The molecule has 3 fully saturated rings. The number of allylic oxidation sites excluding steroid dienone is 5. The van der Waals surface area contributed by atoms with Crippen molar-refractivity contribution in [2.45, 2.75) is 88.9 Å². The number of likely N-dealkylation sites (tertiary alicyclic amines) is 1. The number of carboxylic acids is 1. The van der Waals surface area contributed by atoms with Crippen molar-refractivity contribution in [3.05, 3.63) is 159 Å². The average Bonchev–Trinajstić information content (AvgIpc) is 0.719. The monoisotopic (exact) mass is 1250 g/mol. The number of hydrogen-bond acceptors (Lipinski definition) is 14. The fourth-order valence-corrected chi connectivity index (χ4v) is 15.7. The quantitative estimate of drug-likeness (QED) is 0.0265. The normalized spacial score (nSPS) is 18.1. The summed E-state index contributed by atoms with van der Waals surface area (Å²) in [6.45, 7) is 7.46. The highest BCUT2D eigenvalue weighted by Crippen LogP contribution is 2.45. The molecule has 0 aromatic heterocycles. The molecule has 3 amide bonds. The predicted octanol–water partition coefficient (Wildman–Crippen LogP) is 7.54. The summed E-state index contributed by atoms with van der Waals surface area (Å²) in [6, 6.07) is 25.5. The minimum Gasteiger partial charge on any atom is -0.545 e. The maximum Gasteiger partial charge on any atom is 0.329 e. The van der Waals surface area contributed by atoms with Gasteiger partial charge in [0.2, 0.25) is 17.8 Å². The van der Waals surface area contributed by atoms with Crippen LogP contribution in [0.1, 0.15) is 99.6 Å². The molecule has 0 spiro atoms. The van der Waals surface area contributed by atoms with Crippen LogP contribution in [0.5, 0.6) is 34.5 Å². The van der Waals surface area contributed by atoms with Crippen molar-refractivity contribution in [3.63, 3.8) is 0 Å². The number of alkyl halides is 2. The van der Waals surface area contributed by atoms with Gasteiger partial charge in [-0.1, -0.05) is 50.3 Å². The zero-order valence-electron chi connectivity index (χ0n) is 52.1. The van der Waals surface area contributed by atoms with Gasteiger partial charge in [-0.25, -0.2) is 18.2 Å². The van der Waals surface area contributed by atoms with Crippen molar-refractivity contribution in [1.29, 1.82) is 0 Å². The Kier molecular flexibility index (Phi) is 19.8. The summed E-state index contributed by atoms with van der Waals surface area (Å²) in [5.74, 6) is -1.17. The highest BCUT2D eigenvalue weighted by molar-refractivity contribution is 6.98. The molecule has 4 aliphatic heterocycles. The molecule has 4 heterocycles. The largest absolute Gasteiger partial charge is 0.545 e. The first kappa shape index (κ1) is 64.0. The van der Waals surface area contributed by atoms with Crippen LogP contribution in [0.15, 0.2) is 120 Å². The fraction of sp³-hybridized carbons (Fsp3) is 0.391. The SMILES string of the molecule is CC[C@H](C(=O)N1CCCC[C@H]1C(=O)O[C@H](CCc1ccc(OC)c(OC)c1)c1cccc(OCC(=O)NCCNC(=O)c2ccc(C(=O)[O-])c(C3=C4C=CC(=[N+]5CC(F)C5)C=C4[Si](C)(C)c4cc(N5CC(F)C5)ccc43)c2)c1)c1cc(OC)c(OC)c(OC)c1. The van der Waals surface area contributed by atoms with Crippen LogP contribution in [0.4, 0.5) is 14.5 Å². The number of nitrogens with one attached hydrogen (secondary N) is 2. The molecule has 3 atom stereocenters. The molecule has 5 aromatic carbocycles. The van der Waals surface area contributed by atoms with Gasteiger partial charge in [-0.15, -0.1) is 0 Å². The second-order valence-electron chi connectivity index (χ2n) is 23.6. The van der Waals surface area contributed by atoms with Crippen LogP contribution in [-0.2, 0) is 25.5 Å². The molecular formula is C69H77F2N5O13Si. The van der Waals surface area contributed by atoms with E-state index >= 15 is 0 Å². The molecule has 21 heteroatoms. The van der Waals surface area contributed by atoms with Gasteiger partial charge in [-0.2, -0.15) is 0 Å². The first-order valence-electron chi connectivity index (χ1n) is 30.5. The number of methoxy groups -OCH3 is 5. The second-order valence-corrected chi connectivity index (χ2v) is 27.9. The Bertz CT molecular complexity index is 3690. The van der Waals surface area contributed by atoms with Gasteiger partial charge in [0, 0.05) is 48.6 Å². The Morgan fingerprint density at radius 2 is 1.49 bits per heavy atom. The number of hydrogen-bond donors (Lipinski definition) is 2. The Hall–Kier alpha value is -8.98. The number of halogens is 2. The summed E-state index contributed by atoms with van der Waals surface area (Å²) < 4.78 is 70.5. The van der Waals surface area contributed by atoms with Gasteiger partial charge >= 0.3 is 5.97 Å². The third-order valence-corrected chi connectivity index (χ3v) is 21.2. The van der Waals surface area contributed by atoms with E-state index in [0.717, 1.165) is 38.5 Å². The molecule has 5 aromatic rings. The lowest BCUT2D eigenvalue weighted by Crippen LogP contribution is -2.52. The zero-order valence-corrected chi connectivity index (χ0v) is 53.1. The molecule has 18 nitrogen and oxygen atoms in total. The molecule has 90 heavy (non-hydrogen) atoms. The smallest absolute Gasteiger partial charge is 0.329 e. The lowest BCUT2D eigenvalue weighted by Gasteiger charge is -2.41. The molecule has 0 saturated carbocycles. The number of fused-ring (bicyclic) bond motifs is 2. The number of aryl methyl sites for hydroxylation is 1. The predicted molar refractivity (Wildman–Crippen MR) is 337 cm³/mol. The molecular weight excluding hydrogens is 1170 g/mol. The molecule has 3 saturated heterocycles. The third-order valence-electron chi connectivity index (χ3n) is 17.7. The maximum absolute atomic E-state index is 14.6. The van der Waals surface area contributed by atoms with Crippen LogP contribution in [0.3, 0.4) is 0 Å². The Morgan fingerprint density at radius 3 is 2.17 bits per heavy atom. The number of carbonyl (C=O) groups excluding carboxylic acids is 5. The standard InChI is InChI=1S/C69H77F2N5O13Si/c1-9-50(44-32-59(85-4)65(87-6)60(33-44)86-5)67(79)76-28-11-10-15-55(76)69(82)89-56(24-16-41-17-25-57(83-2)58(29-41)84-3)42-13-12-14-49(30-42)88-40-63(77)72-26-27-73-66(78)43-18-21-51(68(80)81)54(31-43)64-52-22-19-47(74-36-45(70)37-74)34-61(52)90(7,8)62-35-48(20-23-53(62)64)75-38-46(71)39-75/h12-14,17-23,25,29-35,45-46,50,55-56H,9-11,15-16,24,26-28,36-40H2,1-8H3,(H2-,72,73,77,78,80,81)/t50-,55-,56+/m0/s1. The van der Waals surface area contributed by atoms with Crippen LogP contribution in [0, 0.1) is 0 Å². The summed E-state index contributed by atoms with van der Waals surface area (Å²) in [6.07, 6.45) is 6.34. The van der Waals surface area contributed by atoms with E-state index in [1.807, 2.05) is 64.9 Å². The Balaban J connectivity index is 0.817. The molecule has 0 radical (unpaired) electrons. The summed E-state index contributed by atoms with van der Waals surface area (Å²) in [5.41, 5.74) is 6.45. The summed E-state index contributed by atoms with van der Waals surface area (Å²) >= 11 is 0. The van der Waals surface area contributed by atoms with Gasteiger partial charge in [0.05, 0.1) is 60.5 Å². The number of nitrogens with zero attached hydrogens (tertiary/aromatic N) is 3. The molecule has 2 N–H and O–H groups in total. The number of rotatable bonds is 24. The molecule has 0 unspecified atom stereocenters. The van der Waals surface area contributed by atoms with E-state index in [4.69, 9.17) is 33.2 Å². The van der Waals surface area contributed by atoms with Crippen LogP contribution in [-0.4, -0.2) is 159 Å². The average molecular weight is 1250 g/mol. The minimum atomic E-state index is -2.56. The highest BCUT2D eigenvalue weighted by Gasteiger charge is 2.44. The topological polar surface area (TPSA) is 207 Å². The molecule has 10 rings (SSSR count). The number of benzene rings is 5. The van der Waals surface area contributed by atoms with Gasteiger partial charge in [0.25, 0.3) is 11.8 Å². The first-order chi connectivity index (χ1) is 43.4. The van der Waals surface area contributed by atoms with Gasteiger partial charge < -0.3 is 63.5 Å². The minimum absolute atomic E-state index is 0.0128. The van der Waals surface area contributed by atoms with E-state index in [1.165, 1.54) is 33.5 Å². The number of aromatic carboxylic acids is 1. The zero-order chi connectivity index (χ0) is 64.0. The van der Waals surface area contributed by atoms with Gasteiger partial charge in [0.1, 0.15) is 32.1 Å². The number of amides is 3. The molecule has 1 aliphatic carbocycles. The number of esters is 1. The second kappa shape index (κ2) is 27.8. The van der Waals surface area contributed by atoms with E-state index in [-0.39, 0.29) is 61.9 Å². The van der Waals surface area contributed by atoms with Crippen molar-refractivity contribution in [1.82, 2.24) is 15.5 Å². The summed E-state index contributed by atoms with van der Waals surface area (Å²) in [5, 5.41) is 20.6. The Morgan fingerprint density at radius 1 is 0.756 bits per heavy atom. The summed E-state index contributed by atoms with van der Waals surface area (Å²) in [7, 11) is 5.10. The van der Waals surface area contributed by atoms with E-state index in [1.54, 1.807) is 55.5 Å². The number of carbonyl (C=O) groups is 5. The fourth-order valence-electron chi connectivity index (χ4n) is 12.7. The third kappa shape index (κ3) is 13.5. The first-order valence-corrected chi connectivity index (χ1v) is 33.5. The molecule has 474 valence electrons. The van der Waals surface area contributed by atoms with Crippen LogP contribution in [0.2, 0.25) is 13.1 Å². The van der Waals surface area contributed by atoms with Gasteiger partial charge in [-0.3, -0.25) is 14.4 Å². The summed E-state index contributed by atoms with van der Waals surface area (Å²) in [4.78, 5) is 73.1. The Labute approximate surface area is 524 Å². The van der Waals surface area contributed by atoms with E-state index in [0.29, 0.717) is 96.3 Å². The van der Waals surface area contributed by atoms with E-state index < -0.39 is 68.8 Å². The van der Waals surface area contributed by atoms with Gasteiger partial charge in [0.15, 0.2) is 48.4 Å². The lowest BCUT2D eigenvalue weighted by molar-refractivity contribution is -0.599. The van der Waals surface area contributed by atoms with Gasteiger partial charge in [-0.05, 0) is 155 Å². The van der Waals surface area contributed by atoms with Crippen LogP contribution >= 0.6 is 0 Å². The van der Waals surface area contributed by atoms with Crippen LogP contribution in [0.25, 0.3) is 5.57 Å². The molecule has 5 aliphatic rings. The van der Waals surface area contributed by atoms with Crippen molar-refractivity contribution in [2.75, 3.05) is 92.9 Å². The van der Waals surface area contributed by atoms with Crippen molar-refractivity contribution >= 4 is 59.9 Å². The van der Waals surface area contributed by atoms with E-state index in [2.05, 4.69) is 35.9 Å². The van der Waals surface area contributed by atoms with Crippen LogP contribution < -0.4 is 54.2 Å². The maximum atomic E-state index is 14.6. The number of piperidine rings is 1. The van der Waals surface area contributed by atoms with Crippen molar-refractivity contribution in [2.24, 2.45) is 0 Å². The van der Waals surface area contributed by atoms with E-state index in [9.17, 15) is 37.9 Å². The number of anilines is 1. The van der Waals surface area contributed by atoms with Crippen molar-refractivity contribution in [3.8, 4) is 34.5 Å². The number of ether oxygens (including phenoxy) is 7. The van der Waals surface area contributed by atoms with Crippen molar-refractivity contribution < 1.29 is 75.6 Å². The molecule has 0 bridgehead atoms. The lowest BCUT2D eigenvalue weighted by atomic mass is 9.86. The highest BCUT2D eigenvalue weighted by atomic mass is 28.3. The number of carboxylic acid groups (broad SMARTS) is 1.